The van der Waals surface area contributed by atoms with Crippen molar-refractivity contribution < 1.29 is 0 Å². The maximum absolute atomic E-state index is 12.3. The smallest absolute Gasteiger partial charge is 0.345 e. The van der Waals surface area contributed by atoms with Gasteiger partial charge in [-0.2, -0.15) is 10.4 Å². The highest BCUT2D eigenvalue weighted by atomic mass is 16.2. The van der Waals surface area contributed by atoms with E-state index in [1.54, 1.807) is 25.4 Å². The number of nitriles is 1. The first-order valence-corrected chi connectivity index (χ1v) is 8.44. The Morgan fingerprint density at radius 3 is 2.67 bits per heavy atom. The van der Waals surface area contributed by atoms with E-state index in [4.69, 9.17) is 0 Å². The van der Waals surface area contributed by atoms with Crippen molar-refractivity contribution in [1.82, 2.24) is 19.3 Å². The topological polar surface area (TPSA) is 79.7 Å². The van der Waals surface area contributed by atoms with Crippen LogP contribution in [0.1, 0.15) is 49.0 Å². The van der Waals surface area contributed by atoms with Crippen molar-refractivity contribution in [2.45, 2.75) is 37.6 Å². The van der Waals surface area contributed by atoms with E-state index in [1.807, 2.05) is 4.57 Å². The molecule has 2 aromatic heterocycles. The van der Waals surface area contributed by atoms with E-state index in [0.29, 0.717) is 17.5 Å². The molecule has 7 heteroatoms. The molecule has 7 nitrogen and oxygen atoms in total. The molecule has 124 valence electrons. The third-order valence-electron chi connectivity index (χ3n) is 4.96. The van der Waals surface area contributed by atoms with Gasteiger partial charge in [-0.3, -0.25) is 4.57 Å². The molecule has 3 heterocycles. The van der Waals surface area contributed by atoms with Crippen LogP contribution in [0.15, 0.2) is 23.1 Å². The van der Waals surface area contributed by atoms with E-state index in [1.165, 1.54) is 4.68 Å². The summed E-state index contributed by atoms with van der Waals surface area (Å²) in [4.78, 5) is 18.8. The predicted octanol–water partition coefficient (Wildman–Crippen LogP) is 1.57. The fourth-order valence-corrected chi connectivity index (χ4v) is 3.54. The highest BCUT2D eigenvalue weighted by Crippen LogP contribution is 2.37. The molecule has 0 spiro atoms. The molecule has 1 aliphatic heterocycles. The van der Waals surface area contributed by atoms with Crippen LogP contribution in [0.3, 0.4) is 0 Å². The third-order valence-corrected chi connectivity index (χ3v) is 4.96. The Hall–Kier alpha value is -2.62. The Balaban J connectivity index is 1.54. The van der Waals surface area contributed by atoms with Gasteiger partial charge in [0.25, 0.3) is 0 Å². The molecule has 1 saturated carbocycles. The van der Waals surface area contributed by atoms with Gasteiger partial charge in [-0.1, -0.05) is 0 Å². The van der Waals surface area contributed by atoms with E-state index in [2.05, 4.69) is 21.1 Å². The van der Waals surface area contributed by atoms with Crippen LogP contribution in [0.4, 0.5) is 5.82 Å². The Bertz CT molecular complexity index is 849. The minimum Gasteiger partial charge on any atom is -0.355 e. The molecule has 0 bridgehead atoms. The molecule has 24 heavy (non-hydrogen) atoms. The number of hydrogen-bond acceptors (Lipinski definition) is 5. The number of hydrogen-bond donors (Lipinski definition) is 0. The molecular formula is C17H20N6O. The summed E-state index contributed by atoms with van der Waals surface area (Å²) in [6, 6.07) is 6.15. The van der Waals surface area contributed by atoms with Crippen LogP contribution in [0.2, 0.25) is 0 Å². The second-order valence-corrected chi connectivity index (χ2v) is 6.61. The number of aromatic nitrogens is 4. The van der Waals surface area contributed by atoms with Crippen LogP contribution in [0, 0.1) is 11.3 Å². The summed E-state index contributed by atoms with van der Waals surface area (Å²) < 4.78 is 3.37. The van der Waals surface area contributed by atoms with E-state index >= 15 is 0 Å². The maximum Gasteiger partial charge on any atom is 0.345 e. The number of pyridine rings is 1. The molecule has 0 radical (unpaired) electrons. The highest BCUT2D eigenvalue weighted by molar-refractivity contribution is 5.53. The van der Waals surface area contributed by atoms with Gasteiger partial charge in [-0.05, 0) is 37.8 Å². The van der Waals surface area contributed by atoms with E-state index < -0.39 is 0 Å². The van der Waals surface area contributed by atoms with Crippen molar-refractivity contribution in [3.63, 3.8) is 0 Å². The number of nitrogens with zero attached hydrogens (tertiary/aromatic N) is 6. The Labute approximate surface area is 140 Å². The van der Waals surface area contributed by atoms with Crippen molar-refractivity contribution >= 4 is 5.82 Å². The fourth-order valence-electron chi connectivity index (χ4n) is 3.54. The van der Waals surface area contributed by atoms with Gasteiger partial charge in [0.05, 0.1) is 5.56 Å². The number of aryl methyl sites for hydroxylation is 1. The molecule has 4 rings (SSSR count). The monoisotopic (exact) mass is 324 g/mol. The summed E-state index contributed by atoms with van der Waals surface area (Å²) in [6.07, 6.45) is 5.73. The quantitative estimate of drug-likeness (QED) is 0.856. The summed E-state index contributed by atoms with van der Waals surface area (Å²) >= 11 is 0. The Morgan fingerprint density at radius 1 is 1.25 bits per heavy atom. The molecule has 2 aromatic rings. The van der Waals surface area contributed by atoms with E-state index in [9.17, 15) is 10.1 Å². The summed E-state index contributed by atoms with van der Waals surface area (Å²) in [6.45, 7) is 1.65. The number of piperidine rings is 1. The van der Waals surface area contributed by atoms with E-state index in [0.717, 1.165) is 50.4 Å². The fraction of sp³-hybridized carbons (Fsp3) is 0.529. The summed E-state index contributed by atoms with van der Waals surface area (Å²) in [7, 11) is 1.73. The van der Waals surface area contributed by atoms with Gasteiger partial charge in [0.2, 0.25) is 0 Å². The molecular weight excluding hydrogens is 304 g/mol. The van der Waals surface area contributed by atoms with Crippen molar-refractivity contribution in [1.29, 1.82) is 5.26 Å². The zero-order valence-electron chi connectivity index (χ0n) is 13.7. The van der Waals surface area contributed by atoms with Gasteiger partial charge < -0.3 is 4.90 Å². The van der Waals surface area contributed by atoms with Crippen molar-refractivity contribution in [2.75, 3.05) is 18.0 Å². The SMILES string of the molecule is Cn1nc(C2CCN(c3ncccc3C#N)CC2)n(C2CC2)c1=O. The molecule has 1 aliphatic carbocycles. The van der Waals surface area contributed by atoms with Crippen molar-refractivity contribution in [3.05, 3.63) is 40.2 Å². The second kappa shape index (κ2) is 5.78. The summed E-state index contributed by atoms with van der Waals surface area (Å²) in [5, 5.41) is 13.8. The summed E-state index contributed by atoms with van der Waals surface area (Å²) in [5.74, 6) is 2.00. The lowest BCUT2D eigenvalue weighted by atomic mass is 9.95. The van der Waals surface area contributed by atoms with Crippen LogP contribution < -0.4 is 10.6 Å². The zero-order chi connectivity index (χ0) is 16.7. The lowest BCUT2D eigenvalue weighted by Gasteiger charge is -2.32. The maximum atomic E-state index is 12.3. The number of anilines is 1. The molecule has 1 saturated heterocycles. The molecule has 0 aromatic carbocycles. The highest BCUT2D eigenvalue weighted by Gasteiger charge is 2.33. The van der Waals surface area contributed by atoms with Gasteiger partial charge in [0, 0.05) is 38.3 Å². The van der Waals surface area contributed by atoms with Gasteiger partial charge >= 0.3 is 5.69 Å². The van der Waals surface area contributed by atoms with Crippen LogP contribution in [-0.2, 0) is 7.05 Å². The lowest BCUT2D eigenvalue weighted by molar-refractivity contribution is 0.460. The van der Waals surface area contributed by atoms with Gasteiger partial charge in [-0.25, -0.2) is 14.5 Å². The van der Waals surface area contributed by atoms with Crippen LogP contribution in [0.5, 0.6) is 0 Å². The molecule has 2 fully saturated rings. The summed E-state index contributed by atoms with van der Waals surface area (Å²) in [5.41, 5.74) is 0.620. The molecule has 0 atom stereocenters. The van der Waals surface area contributed by atoms with Crippen molar-refractivity contribution in [3.8, 4) is 6.07 Å². The first-order valence-electron chi connectivity index (χ1n) is 8.44. The average molecular weight is 324 g/mol. The second-order valence-electron chi connectivity index (χ2n) is 6.61. The molecule has 0 N–H and O–H groups in total. The van der Waals surface area contributed by atoms with Crippen molar-refractivity contribution in [2.24, 2.45) is 7.05 Å². The third kappa shape index (κ3) is 2.48. The molecule has 0 amide bonds. The first kappa shape index (κ1) is 14.9. The normalized spacial score (nSPS) is 18.6. The minimum atomic E-state index is 0.00595. The van der Waals surface area contributed by atoms with Crippen LogP contribution in [0.25, 0.3) is 0 Å². The largest absolute Gasteiger partial charge is 0.355 e. The van der Waals surface area contributed by atoms with Crippen LogP contribution in [-0.4, -0.2) is 32.4 Å². The minimum absolute atomic E-state index is 0.00595. The number of rotatable bonds is 3. The van der Waals surface area contributed by atoms with Gasteiger partial charge in [-0.15, -0.1) is 0 Å². The molecule has 2 aliphatic rings. The van der Waals surface area contributed by atoms with Gasteiger partial charge in [0.15, 0.2) is 0 Å². The Kier molecular flexibility index (Phi) is 3.60. The van der Waals surface area contributed by atoms with E-state index in [-0.39, 0.29) is 5.69 Å². The standard InChI is InChI=1S/C17H20N6O/c1-21-17(24)23(14-4-5-14)16(20-21)12-6-9-22(10-7-12)15-13(11-18)3-2-8-19-15/h2-3,8,12,14H,4-7,9-10H2,1H3. The lowest BCUT2D eigenvalue weighted by Crippen LogP contribution is -2.35. The predicted molar refractivity (Wildman–Crippen MR) is 88.9 cm³/mol. The molecule has 0 unspecified atom stereocenters. The van der Waals surface area contributed by atoms with Crippen LogP contribution >= 0.6 is 0 Å². The van der Waals surface area contributed by atoms with Gasteiger partial charge in [0.1, 0.15) is 17.7 Å². The average Bonchev–Trinajstić information content (AvgIpc) is 3.41. The zero-order valence-corrected chi connectivity index (χ0v) is 13.7. The Morgan fingerprint density at radius 2 is 2.00 bits per heavy atom. The first-order chi connectivity index (χ1) is 11.7.